The van der Waals surface area contributed by atoms with Crippen LogP contribution in [0.3, 0.4) is 0 Å². The molecule has 2 heterocycles. The van der Waals surface area contributed by atoms with Crippen molar-refractivity contribution >= 4 is 35.8 Å². The van der Waals surface area contributed by atoms with Crippen molar-refractivity contribution in [2.45, 2.75) is 20.4 Å². The summed E-state index contributed by atoms with van der Waals surface area (Å²) in [5.74, 6) is 1.98. The fraction of sp³-hybridized carbons (Fsp3) is 0.750. The number of carbonyl (C=O) groups excluding carboxylic acids is 1. The van der Waals surface area contributed by atoms with Crippen molar-refractivity contribution in [3.63, 3.8) is 0 Å². The third-order valence-corrected chi connectivity index (χ3v) is 3.94. The van der Waals surface area contributed by atoms with E-state index in [2.05, 4.69) is 35.6 Å². The summed E-state index contributed by atoms with van der Waals surface area (Å²) in [6, 6.07) is 0. The van der Waals surface area contributed by atoms with E-state index in [0.29, 0.717) is 38.0 Å². The molecular weight excluding hydrogens is 465 g/mol. The van der Waals surface area contributed by atoms with Gasteiger partial charge in [0.1, 0.15) is 6.54 Å². The molecule has 0 atom stereocenters. The van der Waals surface area contributed by atoms with Gasteiger partial charge in [0.2, 0.25) is 11.8 Å². The quantitative estimate of drug-likeness (QED) is 0.222. The molecule has 10 nitrogen and oxygen atoms in total. The highest BCUT2D eigenvalue weighted by atomic mass is 127. The van der Waals surface area contributed by atoms with Gasteiger partial charge in [-0.15, -0.1) is 24.0 Å². The number of carbonyl (C=O) groups is 1. The Morgan fingerprint density at radius 3 is 2.63 bits per heavy atom. The highest BCUT2D eigenvalue weighted by molar-refractivity contribution is 14.0. The standard InChI is InChI=1S/C16H29N7O3.HI/c1-4-17-16(19-11-14-20-13(2)26-21-14)23-8-6-22(7-9-23)12-15(24)18-5-10-25-3;/h4-12H2,1-3H3,(H,17,19)(H,18,24);1H. The Morgan fingerprint density at radius 1 is 1.30 bits per heavy atom. The number of hydrogen-bond donors (Lipinski definition) is 2. The van der Waals surface area contributed by atoms with Crippen LogP contribution in [0.2, 0.25) is 0 Å². The number of piperazine rings is 1. The molecule has 0 radical (unpaired) electrons. The second-order valence-electron chi connectivity index (χ2n) is 6.01. The first-order valence-electron chi connectivity index (χ1n) is 8.92. The molecule has 11 heteroatoms. The van der Waals surface area contributed by atoms with E-state index in [9.17, 15) is 4.79 Å². The van der Waals surface area contributed by atoms with Gasteiger partial charge in [-0.3, -0.25) is 9.69 Å². The lowest BCUT2D eigenvalue weighted by Gasteiger charge is -2.36. The molecule has 1 aliphatic rings. The fourth-order valence-electron chi connectivity index (χ4n) is 2.65. The van der Waals surface area contributed by atoms with Crippen molar-refractivity contribution < 1.29 is 14.1 Å². The average molecular weight is 495 g/mol. The van der Waals surface area contributed by atoms with Crippen LogP contribution in [0.4, 0.5) is 0 Å². The molecule has 0 bridgehead atoms. The van der Waals surface area contributed by atoms with Crippen molar-refractivity contribution in [1.29, 1.82) is 0 Å². The van der Waals surface area contributed by atoms with Gasteiger partial charge in [-0.25, -0.2) is 4.99 Å². The molecule has 27 heavy (non-hydrogen) atoms. The van der Waals surface area contributed by atoms with Crippen LogP contribution in [-0.2, 0) is 16.1 Å². The van der Waals surface area contributed by atoms with Crippen LogP contribution in [-0.4, -0.2) is 91.3 Å². The first-order chi connectivity index (χ1) is 12.6. The summed E-state index contributed by atoms with van der Waals surface area (Å²) in [5, 5.41) is 10.0. The van der Waals surface area contributed by atoms with E-state index in [1.54, 1.807) is 14.0 Å². The van der Waals surface area contributed by atoms with Gasteiger partial charge in [0.25, 0.3) is 0 Å². The number of aromatic nitrogens is 2. The zero-order valence-corrected chi connectivity index (χ0v) is 18.6. The summed E-state index contributed by atoms with van der Waals surface area (Å²) in [6.07, 6.45) is 0. The Bertz CT molecular complexity index is 588. The SMILES string of the molecule is CCNC(=NCc1noc(C)n1)N1CCN(CC(=O)NCCOC)CC1.I. The molecule has 0 saturated carbocycles. The second-order valence-corrected chi connectivity index (χ2v) is 6.01. The molecule has 1 amide bonds. The van der Waals surface area contributed by atoms with Gasteiger partial charge in [0.05, 0.1) is 13.2 Å². The number of amides is 1. The Balaban J connectivity index is 0.00000364. The van der Waals surface area contributed by atoms with Crippen molar-refractivity contribution in [3.05, 3.63) is 11.7 Å². The molecule has 2 rings (SSSR count). The number of guanidine groups is 1. The molecule has 0 aromatic carbocycles. The van der Waals surface area contributed by atoms with Crippen molar-refractivity contribution in [2.24, 2.45) is 4.99 Å². The van der Waals surface area contributed by atoms with Crippen molar-refractivity contribution in [3.8, 4) is 0 Å². The van der Waals surface area contributed by atoms with Crippen LogP contribution >= 0.6 is 24.0 Å². The van der Waals surface area contributed by atoms with Gasteiger partial charge in [0.15, 0.2) is 11.8 Å². The van der Waals surface area contributed by atoms with Gasteiger partial charge in [-0.1, -0.05) is 5.16 Å². The monoisotopic (exact) mass is 495 g/mol. The molecule has 1 aromatic rings. The maximum Gasteiger partial charge on any atom is 0.234 e. The molecule has 0 spiro atoms. The smallest absolute Gasteiger partial charge is 0.234 e. The topological polar surface area (TPSA) is 108 Å². The molecule has 1 aromatic heterocycles. The van der Waals surface area contributed by atoms with Crippen LogP contribution in [0, 0.1) is 6.92 Å². The number of ether oxygens (including phenoxy) is 1. The predicted molar refractivity (Wildman–Crippen MR) is 112 cm³/mol. The lowest BCUT2D eigenvalue weighted by molar-refractivity contribution is -0.122. The minimum absolute atomic E-state index is 0. The Labute approximate surface area is 177 Å². The lowest BCUT2D eigenvalue weighted by atomic mass is 10.3. The van der Waals surface area contributed by atoms with Crippen LogP contribution < -0.4 is 10.6 Å². The van der Waals surface area contributed by atoms with Gasteiger partial charge in [-0.05, 0) is 6.92 Å². The number of aryl methyl sites for hydroxylation is 1. The van der Waals surface area contributed by atoms with E-state index in [-0.39, 0.29) is 29.9 Å². The van der Waals surface area contributed by atoms with Gasteiger partial charge in [-0.2, -0.15) is 4.98 Å². The van der Waals surface area contributed by atoms with Crippen molar-refractivity contribution in [2.75, 3.05) is 59.5 Å². The lowest BCUT2D eigenvalue weighted by Crippen LogP contribution is -2.54. The first kappa shape index (κ1) is 23.6. The number of aliphatic imine (C=N–C) groups is 1. The van der Waals surface area contributed by atoms with E-state index < -0.39 is 0 Å². The molecule has 154 valence electrons. The second kappa shape index (κ2) is 12.8. The molecule has 1 saturated heterocycles. The van der Waals surface area contributed by atoms with E-state index in [0.717, 1.165) is 38.7 Å². The van der Waals surface area contributed by atoms with Gasteiger partial charge in [0, 0.05) is 53.3 Å². The van der Waals surface area contributed by atoms with Gasteiger partial charge >= 0.3 is 0 Å². The van der Waals surface area contributed by atoms with Crippen LogP contribution in [0.15, 0.2) is 9.52 Å². The summed E-state index contributed by atoms with van der Waals surface area (Å²) in [4.78, 5) is 25.0. The van der Waals surface area contributed by atoms with Crippen molar-refractivity contribution in [1.82, 2.24) is 30.6 Å². The predicted octanol–water partition coefficient (Wildman–Crippen LogP) is -0.158. The Kier molecular flexibility index (Phi) is 11.2. The van der Waals surface area contributed by atoms with E-state index in [4.69, 9.17) is 9.26 Å². The van der Waals surface area contributed by atoms with E-state index >= 15 is 0 Å². The summed E-state index contributed by atoms with van der Waals surface area (Å²) < 4.78 is 9.90. The third-order valence-electron chi connectivity index (χ3n) is 3.94. The van der Waals surface area contributed by atoms with Crippen LogP contribution in [0.1, 0.15) is 18.6 Å². The zero-order chi connectivity index (χ0) is 18.8. The molecular formula is C16H30IN7O3. The Hall–Kier alpha value is -1.47. The summed E-state index contributed by atoms with van der Waals surface area (Å²) in [5.41, 5.74) is 0. The summed E-state index contributed by atoms with van der Waals surface area (Å²) >= 11 is 0. The third kappa shape index (κ3) is 8.39. The molecule has 2 N–H and O–H groups in total. The summed E-state index contributed by atoms with van der Waals surface area (Å²) in [6.45, 7) is 9.67. The fourth-order valence-corrected chi connectivity index (χ4v) is 2.65. The normalized spacial score (nSPS) is 15.4. The van der Waals surface area contributed by atoms with E-state index in [1.165, 1.54) is 0 Å². The number of nitrogens with one attached hydrogen (secondary N) is 2. The maximum absolute atomic E-state index is 11.9. The molecule has 0 unspecified atom stereocenters. The molecule has 1 fully saturated rings. The first-order valence-corrected chi connectivity index (χ1v) is 8.92. The van der Waals surface area contributed by atoms with Crippen LogP contribution in [0.5, 0.6) is 0 Å². The van der Waals surface area contributed by atoms with Crippen LogP contribution in [0.25, 0.3) is 0 Å². The van der Waals surface area contributed by atoms with Gasteiger partial charge < -0.3 is 24.8 Å². The zero-order valence-electron chi connectivity index (χ0n) is 16.2. The molecule has 1 aliphatic heterocycles. The largest absolute Gasteiger partial charge is 0.383 e. The number of rotatable bonds is 8. The Morgan fingerprint density at radius 2 is 2.04 bits per heavy atom. The maximum atomic E-state index is 11.9. The highest BCUT2D eigenvalue weighted by Gasteiger charge is 2.21. The number of halogens is 1. The average Bonchev–Trinajstić information content (AvgIpc) is 3.05. The summed E-state index contributed by atoms with van der Waals surface area (Å²) in [7, 11) is 1.62. The minimum atomic E-state index is 0. The molecule has 0 aliphatic carbocycles. The highest BCUT2D eigenvalue weighted by Crippen LogP contribution is 2.04. The number of methoxy groups -OCH3 is 1. The number of hydrogen-bond acceptors (Lipinski definition) is 7. The van der Waals surface area contributed by atoms with E-state index in [1.807, 2.05) is 6.92 Å². The minimum Gasteiger partial charge on any atom is -0.383 e. The number of nitrogens with zero attached hydrogens (tertiary/aromatic N) is 5.